The smallest absolute Gasteiger partial charge is 0.167 e. The first-order valence-electron chi connectivity index (χ1n) is 16.4. The van der Waals surface area contributed by atoms with Crippen molar-refractivity contribution < 1.29 is 4.42 Å². The Hall–Kier alpha value is -6.65. The van der Waals surface area contributed by atoms with Crippen LogP contribution in [-0.2, 0) is 0 Å². The molecule has 0 aliphatic rings. The van der Waals surface area contributed by atoms with Crippen LogP contribution in [0, 0.1) is 0 Å². The fourth-order valence-electron chi connectivity index (χ4n) is 6.53. The van der Waals surface area contributed by atoms with Gasteiger partial charge in [0.2, 0.25) is 0 Å². The van der Waals surface area contributed by atoms with E-state index >= 15 is 0 Å². The van der Waals surface area contributed by atoms with Crippen LogP contribution in [0.3, 0.4) is 0 Å². The summed E-state index contributed by atoms with van der Waals surface area (Å²) >= 11 is 0. The molecule has 0 spiro atoms. The standard InChI is InChI=1S/C45H29N3O/c1-4-14-30(15-5-1)33-20-10-22-35(28-33)43-46-44(36-23-11-21-34(29-36)31-16-6-2-7-17-31)48-45(47-43)40-27-13-26-39-38-25-12-24-37(41(38)49-42(39)40)32-18-8-3-9-19-32/h1-29H. The van der Waals surface area contributed by atoms with Crippen LogP contribution >= 0.6 is 0 Å². The average molecular weight is 628 g/mol. The van der Waals surface area contributed by atoms with E-state index in [1.165, 1.54) is 0 Å². The molecule has 9 rings (SSSR count). The van der Waals surface area contributed by atoms with Crippen LogP contribution in [0.5, 0.6) is 0 Å². The molecule has 0 atom stereocenters. The maximum absolute atomic E-state index is 6.77. The summed E-state index contributed by atoms with van der Waals surface area (Å²) in [7, 11) is 0. The molecule has 9 aromatic rings. The zero-order chi connectivity index (χ0) is 32.6. The van der Waals surface area contributed by atoms with Crippen LogP contribution in [0.2, 0.25) is 0 Å². The van der Waals surface area contributed by atoms with Gasteiger partial charge in [-0.05, 0) is 46.0 Å². The van der Waals surface area contributed by atoms with Crippen molar-refractivity contribution in [3.8, 4) is 67.5 Å². The van der Waals surface area contributed by atoms with E-state index in [1.807, 2.05) is 24.3 Å². The van der Waals surface area contributed by atoms with Crippen LogP contribution < -0.4 is 0 Å². The first kappa shape index (κ1) is 28.6. The van der Waals surface area contributed by atoms with Gasteiger partial charge in [0.1, 0.15) is 11.2 Å². The Balaban J connectivity index is 1.26. The molecular weight excluding hydrogens is 599 g/mol. The zero-order valence-electron chi connectivity index (χ0n) is 26.5. The van der Waals surface area contributed by atoms with Crippen molar-refractivity contribution in [1.29, 1.82) is 0 Å². The molecule has 49 heavy (non-hydrogen) atoms. The summed E-state index contributed by atoms with van der Waals surface area (Å²) in [6, 6.07) is 60.4. The molecule has 0 aliphatic heterocycles. The van der Waals surface area contributed by atoms with Gasteiger partial charge < -0.3 is 4.42 Å². The van der Waals surface area contributed by atoms with E-state index in [9.17, 15) is 0 Å². The van der Waals surface area contributed by atoms with Crippen LogP contribution in [-0.4, -0.2) is 15.0 Å². The molecule has 2 aromatic heterocycles. The van der Waals surface area contributed by atoms with Gasteiger partial charge in [0.15, 0.2) is 17.5 Å². The molecule has 0 saturated heterocycles. The molecule has 0 amide bonds. The van der Waals surface area contributed by atoms with Crippen LogP contribution in [0.4, 0.5) is 0 Å². The predicted octanol–water partition coefficient (Wildman–Crippen LogP) is 11.8. The minimum Gasteiger partial charge on any atom is -0.455 e. The maximum atomic E-state index is 6.77. The van der Waals surface area contributed by atoms with Crippen molar-refractivity contribution in [3.63, 3.8) is 0 Å². The molecule has 0 N–H and O–H groups in total. The second-order valence-electron chi connectivity index (χ2n) is 12.0. The quantitative estimate of drug-likeness (QED) is 0.184. The van der Waals surface area contributed by atoms with Crippen molar-refractivity contribution in [2.45, 2.75) is 0 Å². The predicted molar refractivity (Wildman–Crippen MR) is 200 cm³/mol. The number of fused-ring (bicyclic) bond motifs is 3. The molecule has 0 unspecified atom stereocenters. The number of rotatable bonds is 6. The lowest BCUT2D eigenvalue weighted by molar-refractivity contribution is 0.670. The van der Waals surface area contributed by atoms with Gasteiger partial charge in [0.05, 0.1) is 5.56 Å². The van der Waals surface area contributed by atoms with E-state index < -0.39 is 0 Å². The third-order valence-corrected chi connectivity index (χ3v) is 8.94. The Kier molecular flexibility index (Phi) is 7.10. The zero-order valence-corrected chi connectivity index (χ0v) is 26.5. The molecule has 4 heteroatoms. The van der Waals surface area contributed by atoms with E-state index in [0.717, 1.165) is 72.0 Å². The Morgan fingerprint density at radius 1 is 0.286 bits per heavy atom. The Morgan fingerprint density at radius 3 is 1.20 bits per heavy atom. The van der Waals surface area contributed by atoms with Crippen molar-refractivity contribution in [2.24, 2.45) is 0 Å². The van der Waals surface area contributed by atoms with Gasteiger partial charge in [-0.3, -0.25) is 0 Å². The maximum Gasteiger partial charge on any atom is 0.167 e. The minimum atomic E-state index is 0.557. The van der Waals surface area contributed by atoms with Crippen LogP contribution in [0.25, 0.3) is 89.5 Å². The summed E-state index contributed by atoms with van der Waals surface area (Å²) in [5.41, 5.74) is 10.9. The van der Waals surface area contributed by atoms with E-state index in [1.54, 1.807) is 0 Å². The average Bonchev–Trinajstić information content (AvgIpc) is 3.58. The summed E-state index contributed by atoms with van der Waals surface area (Å²) in [5.74, 6) is 1.75. The summed E-state index contributed by atoms with van der Waals surface area (Å²) in [6.07, 6.45) is 0. The fourth-order valence-corrected chi connectivity index (χ4v) is 6.53. The van der Waals surface area contributed by atoms with Gasteiger partial charge in [-0.15, -0.1) is 0 Å². The Labute approximate surface area is 284 Å². The highest BCUT2D eigenvalue weighted by molar-refractivity contribution is 6.12. The molecule has 0 bridgehead atoms. The summed E-state index contributed by atoms with van der Waals surface area (Å²) in [5, 5.41) is 2.07. The molecule has 0 radical (unpaired) electrons. The second-order valence-corrected chi connectivity index (χ2v) is 12.0. The number of hydrogen-bond donors (Lipinski definition) is 0. The summed E-state index contributed by atoms with van der Waals surface area (Å²) in [4.78, 5) is 15.4. The van der Waals surface area contributed by atoms with Crippen molar-refractivity contribution >= 4 is 21.9 Å². The van der Waals surface area contributed by atoms with Crippen LogP contribution in [0.1, 0.15) is 0 Å². The van der Waals surface area contributed by atoms with Crippen molar-refractivity contribution in [3.05, 3.63) is 176 Å². The van der Waals surface area contributed by atoms with Gasteiger partial charge in [-0.2, -0.15) is 0 Å². The summed E-state index contributed by atoms with van der Waals surface area (Å²) in [6.45, 7) is 0. The SMILES string of the molecule is c1ccc(-c2cccc(-c3nc(-c4cccc(-c5ccccc5)c4)nc(-c4cccc5c4oc4c(-c6ccccc6)cccc45)n3)c2)cc1. The van der Waals surface area contributed by atoms with Gasteiger partial charge in [-0.25, -0.2) is 15.0 Å². The normalized spacial score (nSPS) is 11.3. The van der Waals surface area contributed by atoms with E-state index in [0.29, 0.717) is 17.5 Å². The molecule has 0 fully saturated rings. The van der Waals surface area contributed by atoms with E-state index in [2.05, 4.69) is 152 Å². The third-order valence-electron chi connectivity index (χ3n) is 8.94. The van der Waals surface area contributed by atoms with Gasteiger partial charge in [-0.1, -0.05) is 158 Å². The van der Waals surface area contributed by atoms with Gasteiger partial charge in [0.25, 0.3) is 0 Å². The minimum absolute atomic E-state index is 0.557. The number of furan rings is 1. The number of benzene rings is 7. The van der Waals surface area contributed by atoms with Crippen molar-refractivity contribution in [1.82, 2.24) is 15.0 Å². The monoisotopic (exact) mass is 627 g/mol. The highest BCUT2D eigenvalue weighted by Gasteiger charge is 2.19. The topological polar surface area (TPSA) is 51.8 Å². The Morgan fingerprint density at radius 2 is 0.673 bits per heavy atom. The Bertz CT molecular complexity index is 2490. The number of hydrogen-bond acceptors (Lipinski definition) is 4. The van der Waals surface area contributed by atoms with Gasteiger partial charge >= 0.3 is 0 Å². The number of nitrogens with zero attached hydrogens (tertiary/aromatic N) is 3. The first-order valence-corrected chi connectivity index (χ1v) is 16.4. The molecule has 230 valence electrons. The molecule has 0 saturated carbocycles. The van der Waals surface area contributed by atoms with Crippen molar-refractivity contribution in [2.75, 3.05) is 0 Å². The molecule has 0 aliphatic carbocycles. The lowest BCUT2D eigenvalue weighted by atomic mass is 10.0. The molecular formula is C45H29N3O. The lowest BCUT2D eigenvalue weighted by Gasteiger charge is -2.11. The second kappa shape index (κ2) is 12.2. The lowest BCUT2D eigenvalue weighted by Crippen LogP contribution is -2.00. The van der Waals surface area contributed by atoms with E-state index in [-0.39, 0.29) is 0 Å². The number of para-hydroxylation sites is 2. The molecule has 7 aromatic carbocycles. The van der Waals surface area contributed by atoms with Crippen LogP contribution in [0.15, 0.2) is 180 Å². The summed E-state index contributed by atoms with van der Waals surface area (Å²) < 4.78 is 6.77. The highest BCUT2D eigenvalue weighted by Crippen LogP contribution is 2.40. The number of aromatic nitrogens is 3. The fraction of sp³-hybridized carbons (Fsp3) is 0. The largest absolute Gasteiger partial charge is 0.455 e. The highest BCUT2D eigenvalue weighted by atomic mass is 16.3. The third kappa shape index (κ3) is 5.35. The molecule has 2 heterocycles. The molecule has 4 nitrogen and oxygen atoms in total. The van der Waals surface area contributed by atoms with E-state index in [4.69, 9.17) is 19.4 Å². The first-order chi connectivity index (χ1) is 24.3. The van der Waals surface area contributed by atoms with Gasteiger partial charge in [0, 0.05) is 27.5 Å².